The lowest BCUT2D eigenvalue weighted by molar-refractivity contribution is 0.685. The predicted molar refractivity (Wildman–Crippen MR) is 83.7 cm³/mol. The molecule has 0 atom stereocenters. The second-order valence-electron chi connectivity index (χ2n) is 4.85. The SMILES string of the molecule is Nc1ccccc1CNc1cccc(Cn2cncn2)c1. The van der Waals surface area contributed by atoms with Crippen molar-refractivity contribution in [1.82, 2.24) is 14.8 Å². The van der Waals surface area contributed by atoms with Gasteiger partial charge in [0.25, 0.3) is 0 Å². The van der Waals surface area contributed by atoms with Crippen LogP contribution in [0.4, 0.5) is 11.4 Å². The summed E-state index contributed by atoms with van der Waals surface area (Å²) in [6.45, 7) is 1.42. The largest absolute Gasteiger partial charge is 0.398 e. The fourth-order valence-corrected chi connectivity index (χ4v) is 2.17. The lowest BCUT2D eigenvalue weighted by atomic mass is 10.1. The van der Waals surface area contributed by atoms with Gasteiger partial charge in [-0.25, -0.2) is 9.67 Å². The standard InChI is InChI=1S/C16H17N5/c17-16-7-2-1-5-14(16)9-19-15-6-3-4-13(8-15)10-21-12-18-11-20-21/h1-8,11-12,19H,9-10,17H2. The van der Waals surface area contributed by atoms with Crippen LogP contribution in [0.15, 0.2) is 61.2 Å². The van der Waals surface area contributed by atoms with Gasteiger partial charge < -0.3 is 11.1 Å². The Balaban J connectivity index is 1.67. The van der Waals surface area contributed by atoms with Crippen molar-refractivity contribution in [2.24, 2.45) is 0 Å². The van der Waals surface area contributed by atoms with Crippen molar-refractivity contribution in [3.05, 3.63) is 72.3 Å². The van der Waals surface area contributed by atoms with E-state index >= 15 is 0 Å². The summed E-state index contributed by atoms with van der Waals surface area (Å²) < 4.78 is 1.80. The third-order valence-electron chi connectivity index (χ3n) is 3.28. The summed E-state index contributed by atoms with van der Waals surface area (Å²) in [6.07, 6.45) is 3.26. The number of nitrogens with zero attached hydrogens (tertiary/aromatic N) is 3. The van der Waals surface area contributed by atoms with E-state index in [1.54, 1.807) is 17.3 Å². The summed E-state index contributed by atoms with van der Waals surface area (Å²) in [5.41, 5.74) is 10.1. The molecule has 0 saturated carbocycles. The highest BCUT2D eigenvalue weighted by molar-refractivity contribution is 5.51. The number of anilines is 2. The zero-order valence-corrected chi connectivity index (χ0v) is 11.6. The Morgan fingerprint density at radius 1 is 1.10 bits per heavy atom. The predicted octanol–water partition coefficient (Wildman–Crippen LogP) is 2.52. The highest BCUT2D eigenvalue weighted by Gasteiger charge is 2.00. The third-order valence-corrected chi connectivity index (χ3v) is 3.28. The van der Waals surface area contributed by atoms with Gasteiger partial charge in [0, 0.05) is 17.9 Å². The molecular formula is C16H17N5. The van der Waals surface area contributed by atoms with E-state index in [2.05, 4.69) is 27.5 Å². The molecule has 106 valence electrons. The molecule has 3 N–H and O–H groups in total. The maximum atomic E-state index is 5.95. The van der Waals surface area contributed by atoms with Gasteiger partial charge in [-0.05, 0) is 29.3 Å². The molecule has 0 spiro atoms. The van der Waals surface area contributed by atoms with Gasteiger partial charge in [-0.15, -0.1) is 0 Å². The van der Waals surface area contributed by atoms with Crippen molar-refractivity contribution in [2.75, 3.05) is 11.1 Å². The first kappa shape index (κ1) is 13.2. The summed E-state index contributed by atoms with van der Waals surface area (Å²) >= 11 is 0. The van der Waals surface area contributed by atoms with Gasteiger partial charge in [0.2, 0.25) is 0 Å². The van der Waals surface area contributed by atoms with Crippen LogP contribution in [0.3, 0.4) is 0 Å². The number of nitrogens with one attached hydrogen (secondary N) is 1. The number of hydrogen-bond donors (Lipinski definition) is 2. The van der Waals surface area contributed by atoms with E-state index in [1.165, 1.54) is 5.56 Å². The smallest absolute Gasteiger partial charge is 0.137 e. The Hall–Kier alpha value is -2.82. The summed E-state index contributed by atoms with van der Waals surface area (Å²) in [5.74, 6) is 0. The van der Waals surface area contributed by atoms with Crippen molar-refractivity contribution >= 4 is 11.4 Å². The van der Waals surface area contributed by atoms with Gasteiger partial charge in [-0.2, -0.15) is 5.10 Å². The average molecular weight is 279 g/mol. The molecule has 0 aliphatic carbocycles. The molecule has 0 aliphatic heterocycles. The second kappa shape index (κ2) is 6.09. The molecule has 0 aliphatic rings. The maximum absolute atomic E-state index is 5.95. The van der Waals surface area contributed by atoms with Crippen LogP contribution in [0.25, 0.3) is 0 Å². The normalized spacial score (nSPS) is 10.5. The minimum Gasteiger partial charge on any atom is -0.398 e. The average Bonchev–Trinajstić information content (AvgIpc) is 3.00. The van der Waals surface area contributed by atoms with Crippen LogP contribution in [0.5, 0.6) is 0 Å². The zero-order valence-electron chi connectivity index (χ0n) is 11.6. The molecule has 1 aromatic heterocycles. The highest BCUT2D eigenvalue weighted by atomic mass is 15.3. The Labute approximate surface area is 123 Å². The van der Waals surface area contributed by atoms with Crippen LogP contribution in [-0.4, -0.2) is 14.8 Å². The topological polar surface area (TPSA) is 68.8 Å². The Bertz CT molecular complexity index is 706. The highest BCUT2D eigenvalue weighted by Crippen LogP contribution is 2.15. The molecule has 0 saturated heterocycles. The van der Waals surface area contributed by atoms with Crippen LogP contribution in [0, 0.1) is 0 Å². The molecular weight excluding hydrogens is 262 g/mol. The minimum atomic E-state index is 0.708. The van der Waals surface area contributed by atoms with E-state index in [1.807, 2.05) is 36.4 Å². The molecule has 1 heterocycles. The van der Waals surface area contributed by atoms with Gasteiger partial charge in [0.1, 0.15) is 12.7 Å². The Morgan fingerprint density at radius 3 is 2.81 bits per heavy atom. The Morgan fingerprint density at radius 2 is 2.00 bits per heavy atom. The van der Waals surface area contributed by atoms with E-state index < -0.39 is 0 Å². The number of aromatic nitrogens is 3. The van der Waals surface area contributed by atoms with Crippen molar-refractivity contribution in [3.63, 3.8) is 0 Å². The van der Waals surface area contributed by atoms with Gasteiger partial charge in [0.15, 0.2) is 0 Å². The molecule has 2 aromatic carbocycles. The van der Waals surface area contributed by atoms with E-state index in [-0.39, 0.29) is 0 Å². The number of rotatable bonds is 5. The zero-order chi connectivity index (χ0) is 14.5. The molecule has 21 heavy (non-hydrogen) atoms. The van der Waals surface area contributed by atoms with Gasteiger partial charge >= 0.3 is 0 Å². The molecule has 3 rings (SSSR count). The van der Waals surface area contributed by atoms with E-state index in [0.717, 1.165) is 16.9 Å². The first-order valence-corrected chi connectivity index (χ1v) is 6.80. The van der Waals surface area contributed by atoms with Crippen molar-refractivity contribution in [1.29, 1.82) is 0 Å². The van der Waals surface area contributed by atoms with Crippen LogP contribution >= 0.6 is 0 Å². The molecule has 0 amide bonds. The lowest BCUT2D eigenvalue weighted by Crippen LogP contribution is -2.04. The van der Waals surface area contributed by atoms with Crippen LogP contribution in [0.1, 0.15) is 11.1 Å². The Kier molecular flexibility index (Phi) is 3.82. The first-order chi connectivity index (χ1) is 10.3. The number of para-hydroxylation sites is 1. The minimum absolute atomic E-state index is 0.708. The van der Waals surface area contributed by atoms with Crippen LogP contribution in [-0.2, 0) is 13.1 Å². The third kappa shape index (κ3) is 3.39. The fourth-order valence-electron chi connectivity index (χ4n) is 2.17. The molecule has 5 nitrogen and oxygen atoms in total. The van der Waals surface area contributed by atoms with E-state index in [9.17, 15) is 0 Å². The van der Waals surface area contributed by atoms with Gasteiger partial charge in [-0.3, -0.25) is 0 Å². The molecule has 0 fully saturated rings. The van der Waals surface area contributed by atoms with Crippen molar-refractivity contribution < 1.29 is 0 Å². The first-order valence-electron chi connectivity index (χ1n) is 6.80. The maximum Gasteiger partial charge on any atom is 0.137 e. The molecule has 0 radical (unpaired) electrons. The molecule has 0 bridgehead atoms. The monoisotopic (exact) mass is 279 g/mol. The quantitative estimate of drug-likeness (QED) is 0.704. The van der Waals surface area contributed by atoms with Crippen LogP contribution < -0.4 is 11.1 Å². The number of nitrogen functional groups attached to an aromatic ring is 1. The number of nitrogens with two attached hydrogens (primary N) is 1. The fraction of sp³-hybridized carbons (Fsp3) is 0.125. The lowest BCUT2D eigenvalue weighted by Gasteiger charge is -2.10. The summed E-state index contributed by atoms with van der Waals surface area (Å²) in [7, 11) is 0. The van der Waals surface area contributed by atoms with Crippen molar-refractivity contribution in [3.8, 4) is 0 Å². The number of hydrogen-bond acceptors (Lipinski definition) is 4. The van der Waals surface area contributed by atoms with E-state index in [0.29, 0.717) is 13.1 Å². The van der Waals surface area contributed by atoms with E-state index in [4.69, 9.17) is 5.73 Å². The summed E-state index contributed by atoms with van der Waals surface area (Å²) in [5, 5.41) is 7.51. The van der Waals surface area contributed by atoms with Gasteiger partial charge in [-0.1, -0.05) is 30.3 Å². The van der Waals surface area contributed by atoms with Crippen molar-refractivity contribution in [2.45, 2.75) is 13.1 Å². The number of benzene rings is 2. The summed E-state index contributed by atoms with van der Waals surface area (Å²) in [4.78, 5) is 3.95. The van der Waals surface area contributed by atoms with Gasteiger partial charge in [0.05, 0.1) is 6.54 Å². The molecule has 0 unspecified atom stereocenters. The second-order valence-corrected chi connectivity index (χ2v) is 4.85. The molecule has 5 heteroatoms. The summed E-state index contributed by atoms with van der Waals surface area (Å²) in [6, 6.07) is 16.1. The molecule has 3 aromatic rings. The van der Waals surface area contributed by atoms with Crippen LogP contribution in [0.2, 0.25) is 0 Å².